The van der Waals surface area contributed by atoms with Crippen molar-refractivity contribution < 1.29 is 4.42 Å². The zero-order valence-corrected chi connectivity index (χ0v) is 13.0. The molecular weight excluding hydrogens is 262 g/mol. The summed E-state index contributed by atoms with van der Waals surface area (Å²) >= 11 is 0. The second-order valence-electron chi connectivity index (χ2n) is 6.39. The van der Waals surface area contributed by atoms with Gasteiger partial charge in [-0.15, -0.1) is 10.2 Å². The molecule has 0 radical (unpaired) electrons. The Balaban J connectivity index is 1.76. The van der Waals surface area contributed by atoms with Gasteiger partial charge in [0.05, 0.1) is 6.04 Å². The van der Waals surface area contributed by atoms with Crippen molar-refractivity contribution in [3.63, 3.8) is 0 Å². The lowest BCUT2D eigenvalue weighted by molar-refractivity contribution is 0.0903. The van der Waals surface area contributed by atoms with Gasteiger partial charge >= 0.3 is 0 Å². The van der Waals surface area contributed by atoms with Crippen molar-refractivity contribution in [1.82, 2.24) is 15.1 Å². The number of nitrogens with zero attached hydrogens (tertiary/aromatic N) is 3. The van der Waals surface area contributed by atoms with Crippen LogP contribution in [0.1, 0.15) is 39.1 Å². The third-order valence-electron chi connectivity index (χ3n) is 4.26. The van der Waals surface area contributed by atoms with E-state index in [1.807, 2.05) is 30.3 Å². The van der Waals surface area contributed by atoms with Gasteiger partial charge < -0.3 is 4.42 Å². The molecule has 3 rings (SSSR count). The van der Waals surface area contributed by atoms with Gasteiger partial charge in [-0.1, -0.05) is 32.0 Å². The minimum Gasteiger partial charge on any atom is -0.419 e. The minimum atomic E-state index is 0.181. The molecule has 112 valence electrons. The van der Waals surface area contributed by atoms with Crippen molar-refractivity contribution >= 4 is 0 Å². The zero-order chi connectivity index (χ0) is 14.8. The number of benzene rings is 1. The maximum Gasteiger partial charge on any atom is 0.247 e. The molecule has 0 N–H and O–H groups in total. The molecule has 1 aliphatic heterocycles. The first-order chi connectivity index (χ1) is 10.1. The Morgan fingerprint density at radius 3 is 2.43 bits per heavy atom. The fraction of sp³-hybridized carbons (Fsp3) is 0.529. The number of piperidine rings is 1. The van der Waals surface area contributed by atoms with Gasteiger partial charge in [-0.05, 0) is 37.3 Å². The smallest absolute Gasteiger partial charge is 0.247 e. The average molecular weight is 285 g/mol. The quantitative estimate of drug-likeness (QED) is 0.860. The summed E-state index contributed by atoms with van der Waals surface area (Å²) in [6.07, 6.45) is 1.31. The maximum atomic E-state index is 5.89. The molecular formula is C17H23N3O. The van der Waals surface area contributed by atoms with E-state index in [4.69, 9.17) is 4.42 Å². The van der Waals surface area contributed by atoms with Crippen LogP contribution in [-0.2, 0) is 0 Å². The van der Waals surface area contributed by atoms with E-state index in [9.17, 15) is 0 Å². The maximum absolute atomic E-state index is 5.89. The van der Waals surface area contributed by atoms with Gasteiger partial charge in [-0.2, -0.15) is 0 Å². The molecule has 1 saturated heterocycles. The highest BCUT2D eigenvalue weighted by Gasteiger charge is 2.28. The van der Waals surface area contributed by atoms with Gasteiger partial charge in [0.2, 0.25) is 11.8 Å². The summed E-state index contributed by atoms with van der Waals surface area (Å²) in [5, 5.41) is 8.46. The fourth-order valence-electron chi connectivity index (χ4n) is 3.28. The van der Waals surface area contributed by atoms with Gasteiger partial charge in [-0.3, -0.25) is 4.90 Å². The van der Waals surface area contributed by atoms with Crippen LogP contribution in [0.25, 0.3) is 11.5 Å². The highest BCUT2D eigenvalue weighted by atomic mass is 16.4. The van der Waals surface area contributed by atoms with E-state index in [1.54, 1.807) is 0 Å². The Morgan fingerprint density at radius 1 is 1.10 bits per heavy atom. The van der Waals surface area contributed by atoms with E-state index >= 15 is 0 Å². The van der Waals surface area contributed by atoms with Crippen molar-refractivity contribution in [2.45, 2.75) is 33.2 Å². The van der Waals surface area contributed by atoms with E-state index in [2.05, 4.69) is 35.9 Å². The Kier molecular flexibility index (Phi) is 4.06. The first-order valence-electron chi connectivity index (χ1n) is 7.76. The lowest BCUT2D eigenvalue weighted by Gasteiger charge is -2.37. The predicted molar refractivity (Wildman–Crippen MR) is 82.7 cm³/mol. The second kappa shape index (κ2) is 5.98. The zero-order valence-electron chi connectivity index (χ0n) is 13.0. The van der Waals surface area contributed by atoms with Crippen molar-refractivity contribution in [3.05, 3.63) is 36.2 Å². The van der Waals surface area contributed by atoms with Gasteiger partial charge in [0.1, 0.15) is 0 Å². The minimum absolute atomic E-state index is 0.181. The van der Waals surface area contributed by atoms with Crippen LogP contribution in [0.15, 0.2) is 34.7 Å². The summed E-state index contributed by atoms with van der Waals surface area (Å²) in [6, 6.07) is 10.1. The molecule has 4 heteroatoms. The van der Waals surface area contributed by atoms with Crippen LogP contribution in [0.4, 0.5) is 0 Å². The summed E-state index contributed by atoms with van der Waals surface area (Å²) in [7, 11) is 0. The molecule has 1 aromatic carbocycles. The predicted octanol–water partition coefficient (Wildman–Crippen LogP) is 3.78. The van der Waals surface area contributed by atoms with Crippen LogP contribution in [0.3, 0.4) is 0 Å². The van der Waals surface area contributed by atoms with Crippen LogP contribution in [0.2, 0.25) is 0 Å². The first kappa shape index (κ1) is 14.3. The number of rotatable bonds is 3. The highest BCUT2D eigenvalue weighted by molar-refractivity contribution is 5.51. The SMILES string of the molecule is CC1CC(C)CN(C(C)c2nnc(-c3ccccc3)o2)C1. The molecule has 1 aromatic heterocycles. The first-order valence-corrected chi connectivity index (χ1v) is 7.76. The molecule has 0 saturated carbocycles. The summed E-state index contributed by atoms with van der Waals surface area (Å²) in [5.41, 5.74) is 0.976. The van der Waals surface area contributed by atoms with E-state index < -0.39 is 0 Å². The summed E-state index contributed by atoms with van der Waals surface area (Å²) in [4.78, 5) is 2.46. The third-order valence-corrected chi connectivity index (χ3v) is 4.26. The van der Waals surface area contributed by atoms with Gasteiger partial charge in [0.15, 0.2) is 0 Å². The molecule has 2 aromatic rings. The van der Waals surface area contributed by atoms with Crippen LogP contribution in [0, 0.1) is 11.8 Å². The molecule has 21 heavy (non-hydrogen) atoms. The van der Waals surface area contributed by atoms with Gasteiger partial charge in [-0.25, -0.2) is 0 Å². The van der Waals surface area contributed by atoms with E-state index in [1.165, 1.54) is 6.42 Å². The van der Waals surface area contributed by atoms with Crippen molar-refractivity contribution in [3.8, 4) is 11.5 Å². The van der Waals surface area contributed by atoms with Crippen molar-refractivity contribution in [1.29, 1.82) is 0 Å². The van der Waals surface area contributed by atoms with E-state index in [0.717, 1.165) is 36.4 Å². The number of hydrogen-bond acceptors (Lipinski definition) is 4. The number of hydrogen-bond donors (Lipinski definition) is 0. The topological polar surface area (TPSA) is 42.2 Å². The Labute approximate surface area is 126 Å². The number of aromatic nitrogens is 2. The van der Waals surface area contributed by atoms with Crippen LogP contribution in [0.5, 0.6) is 0 Å². The lowest BCUT2D eigenvalue weighted by Crippen LogP contribution is -2.40. The molecule has 4 nitrogen and oxygen atoms in total. The third kappa shape index (κ3) is 3.16. The highest BCUT2D eigenvalue weighted by Crippen LogP contribution is 2.29. The number of likely N-dealkylation sites (tertiary alicyclic amines) is 1. The average Bonchev–Trinajstić information content (AvgIpc) is 2.96. The largest absolute Gasteiger partial charge is 0.419 e. The van der Waals surface area contributed by atoms with Crippen molar-refractivity contribution in [2.75, 3.05) is 13.1 Å². The molecule has 0 amide bonds. The Bertz CT molecular complexity index is 571. The van der Waals surface area contributed by atoms with Gasteiger partial charge in [0.25, 0.3) is 0 Å². The summed E-state index contributed by atoms with van der Waals surface area (Å²) in [6.45, 7) is 9.01. The molecule has 0 aliphatic carbocycles. The van der Waals surface area contributed by atoms with Crippen LogP contribution < -0.4 is 0 Å². The van der Waals surface area contributed by atoms with E-state index in [-0.39, 0.29) is 6.04 Å². The normalized spacial score (nSPS) is 24.9. The summed E-state index contributed by atoms with van der Waals surface area (Å²) < 4.78 is 5.89. The Hall–Kier alpha value is -1.68. The van der Waals surface area contributed by atoms with E-state index in [0.29, 0.717) is 5.89 Å². The second-order valence-corrected chi connectivity index (χ2v) is 6.39. The van der Waals surface area contributed by atoms with Crippen molar-refractivity contribution in [2.24, 2.45) is 11.8 Å². The molecule has 0 bridgehead atoms. The monoisotopic (exact) mass is 285 g/mol. The summed E-state index contributed by atoms with van der Waals surface area (Å²) in [5.74, 6) is 2.78. The lowest BCUT2D eigenvalue weighted by atomic mass is 9.91. The molecule has 1 aliphatic rings. The van der Waals surface area contributed by atoms with Gasteiger partial charge in [0, 0.05) is 18.7 Å². The van der Waals surface area contributed by atoms with Crippen LogP contribution >= 0.6 is 0 Å². The molecule has 2 heterocycles. The molecule has 1 fully saturated rings. The Morgan fingerprint density at radius 2 is 1.76 bits per heavy atom. The molecule has 3 atom stereocenters. The molecule has 0 spiro atoms. The molecule has 3 unspecified atom stereocenters. The fourth-order valence-corrected chi connectivity index (χ4v) is 3.28. The standard InChI is InChI=1S/C17H23N3O/c1-12-9-13(2)11-20(10-12)14(3)16-18-19-17(21-16)15-7-5-4-6-8-15/h4-8,12-14H,9-11H2,1-3H3. The van der Waals surface area contributed by atoms with Crippen LogP contribution in [-0.4, -0.2) is 28.2 Å².